The Labute approximate surface area is 108 Å². The zero-order chi connectivity index (χ0) is 13.8. The fourth-order valence-corrected chi connectivity index (χ4v) is 1.52. The molecule has 0 fully saturated rings. The van der Waals surface area contributed by atoms with Crippen molar-refractivity contribution in [3.8, 4) is 0 Å². The number of amides is 1. The maximum atomic E-state index is 11.8. The van der Waals surface area contributed by atoms with Crippen LogP contribution < -0.4 is 5.32 Å². The van der Waals surface area contributed by atoms with Crippen LogP contribution in [0.15, 0.2) is 34.9 Å². The van der Waals surface area contributed by atoms with Crippen LogP contribution in [0.1, 0.15) is 28.1 Å². The number of aryl methyl sites for hydroxylation is 1. The highest BCUT2D eigenvalue weighted by molar-refractivity contribution is 5.93. The summed E-state index contributed by atoms with van der Waals surface area (Å²) in [4.78, 5) is 26.7. The van der Waals surface area contributed by atoms with Gasteiger partial charge in [0.1, 0.15) is 0 Å². The van der Waals surface area contributed by atoms with E-state index in [9.17, 15) is 9.59 Å². The summed E-state index contributed by atoms with van der Waals surface area (Å²) in [5.74, 6) is -1.83. The van der Waals surface area contributed by atoms with E-state index in [1.807, 2.05) is 0 Å². The number of aromatic nitrogens is 2. The minimum Gasteiger partial charge on any atom is -0.479 e. The summed E-state index contributed by atoms with van der Waals surface area (Å²) in [5, 5.41) is 14.9. The number of nitrogens with one attached hydrogen (secondary N) is 1. The van der Waals surface area contributed by atoms with E-state index in [2.05, 4.69) is 20.0 Å². The standard InChI is InChI=1S/C12H11N3O4/c1-7-13-10(15-19-7)11(16)14-9(12(17)18)8-5-3-2-4-6-8/h2-6,9H,1H3,(H,14,16)(H,17,18)/t9-/m0/s1. The highest BCUT2D eigenvalue weighted by atomic mass is 16.5. The predicted octanol–water partition coefficient (Wildman–Crippen LogP) is 0.934. The Morgan fingerprint density at radius 2 is 2.00 bits per heavy atom. The molecule has 7 nitrogen and oxygen atoms in total. The second kappa shape index (κ2) is 5.30. The SMILES string of the molecule is Cc1nc(C(=O)N[C@H](C(=O)O)c2ccccc2)no1. The topological polar surface area (TPSA) is 105 Å². The molecule has 0 bridgehead atoms. The first kappa shape index (κ1) is 12.7. The molecule has 1 amide bonds. The largest absolute Gasteiger partial charge is 0.479 e. The van der Waals surface area contributed by atoms with Gasteiger partial charge in [0.2, 0.25) is 5.89 Å². The molecule has 1 aromatic carbocycles. The summed E-state index contributed by atoms with van der Waals surface area (Å²) in [6, 6.07) is 7.20. The van der Waals surface area contributed by atoms with Gasteiger partial charge in [-0.2, -0.15) is 4.98 Å². The van der Waals surface area contributed by atoms with Crippen LogP contribution in [-0.2, 0) is 4.79 Å². The molecule has 0 radical (unpaired) electrons. The third-order valence-corrected chi connectivity index (χ3v) is 2.39. The van der Waals surface area contributed by atoms with Crippen molar-refractivity contribution in [1.82, 2.24) is 15.5 Å². The number of carboxylic acid groups (broad SMARTS) is 1. The lowest BCUT2D eigenvalue weighted by Crippen LogP contribution is -2.34. The Morgan fingerprint density at radius 3 is 2.53 bits per heavy atom. The fraction of sp³-hybridized carbons (Fsp3) is 0.167. The van der Waals surface area contributed by atoms with Crippen LogP contribution in [0.5, 0.6) is 0 Å². The molecule has 2 N–H and O–H groups in total. The molecule has 1 heterocycles. The first-order valence-corrected chi connectivity index (χ1v) is 5.47. The third-order valence-electron chi connectivity index (χ3n) is 2.39. The van der Waals surface area contributed by atoms with Crippen LogP contribution in [0.3, 0.4) is 0 Å². The summed E-state index contributed by atoms with van der Waals surface area (Å²) in [6.07, 6.45) is 0. The predicted molar refractivity (Wildman–Crippen MR) is 63.3 cm³/mol. The van der Waals surface area contributed by atoms with E-state index in [1.54, 1.807) is 30.3 Å². The normalized spacial score (nSPS) is 11.8. The average molecular weight is 261 g/mol. The number of hydrogen-bond acceptors (Lipinski definition) is 5. The molecule has 19 heavy (non-hydrogen) atoms. The van der Waals surface area contributed by atoms with Crippen molar-refractivity contribution in [3.63, 3.8) is 0 Å². The molecule has 0 saturated heterocycles. The quantitative estimate of drug-likeness (QED) is 0.848. The number of carbonyl (C=O) groups is 2. The van der Waals surface area contributed by atoms with Crippen molar-refractivity contribution in [2.45, 2.75) is 13.0 Å². The van der Waals surface area contributed by atoms with Crippen molar-refractivity contribution in [2.24, 2.45) is 0 Å². The Kier molecular flexibility index (Phi) is 3.56. The van der Waals surface area contributed by atoms with Crippen molar-refractivity contribution in [2.75, 3.05) is 0 Å². The number of hydrogen-bond donors (Lipinski definition) is 2. The second-order valence-corrected chi connectivity index (χ2v) is 3.79. The van der Waals surface area contributed by atoms with Crippen LogP contribution in [0.25, 0.3) is 0 Å². The van der Waals surface area contributed by atoms with E-state index < -0.39 is 17.9 Å². The van der Waals surface area contributed by atoms with Crippen molar-refractivity contribution < 1.29 is 19.2 Å². The van der Waals surface area contributed by atoms with Gasteiger partial charge in [0.25, 0.3) is 11.7 Å². The Hall–Kier alpha value is -2.70. The maximum Gasteiger partial charge on any atom is 0.330 e. The van der Waals surface area contributed by atoms with Gasteiger partial charge in [0, 0.05) is 6.92 Å². The first-order valence-electron chi connectivity index (χ1n) is 5.47. The lowest BCUT2D eigenvalue weighted by molar-refractivity contribution is -0.139. The molecule has 0 spiro atoms. The molecule has 2 rings (SSSR count). The summed E-state index contributed by atoms with van der Waals surface area (Å²) in [7, 11) is 0. The maximum absolute atomic E-state index is 11.8. The molecule has 0 saturated carbocycles. The van der Waals surface area contributed by atoms with E-state index in [-0.39, 0.29) is 11.7 Å². The number of benzene rings is 1. The Balaban J connectivity index is 2.18. The molecule has 0 unspecified atom stereocenters. The molecule has 98 valence electrons. The van der Waals surface area contributed by atoms with Gasteiger partial charge >= 0.3 is 5.97 Å². The lowest BCUT2D eigenvalue weighted by Gasteiger charge is -2.13. The van der Waals surface area contributed by atoms with Crippen LogP contribution in [-0.4, -0.2) is 27.1 Å². The summed E-state index contributed by atoms with van der Waals surface area (Å²) in [6.45, 7) is 1.54. The van der Waals surface area contributed by atoms with Gasteiger partial charge in [0.15, 0.2) is 6.04 Å². The zero-order valence-corrected chi connectivity index (χ0v) is 10.0. The van der Waals surface area contributed by atoms with Gasteiger partial charge < -0.3 is 14.9 Å². The van der Waals surface area contributed by atoms with E-state index in [0.29, 0.717) is 5.56 Å². The molecular weight excluding hydrogens is 250 g/mol. The first-order chi connectivity index (χ1) is 9.08. The van der Waals surface area contributed by atoms with Gasteiger partial charge in [-0.1, -0.05) is 35.5 Å². The van der Waals surface area contributed by atoms with Crippen molar-refractivity contribution in [1.29, 1.82) is 0 Å². The molecule has 0 aliphatic rings. The summed E-state index contributed by atoms with van der Waals surface area (Å²) < 4.78 is 4.66. The monoisotopic (exact) mass is 261 g/mol. The zero-order valence-electron chi connectivity index (χ0n) is 10.0. The molecular formula is C12H11N3O4. The fourth-order valence-electron chi connectivity index (χ4n) is 1.52. The third kappa shape index (κ3) is 2.95. The Bertz CT molecular complexity index is 594. The van der Waals surface area contributed by atoms with Crippen molar-refractivity contribution in [3.05, 3.63) is 47.6 Å². The molecule has 1 atom stereocenters. The minimum absolute atomic E-state index is 0.195. The molecule has 1 aromatic heterocycles. The van der Waals surface area contributed by atoms with Gasteiger partial charge in [0.05, 0.1) is 0 Å². The summed E-state index contributed by atoms with van der Waals surface area (Å²) >= 11 is 0. The second-order valence-electron chi connectivity index (χ2n) is 3.79. The van der Waals surface area contributed by atoms with E-state index >= 15 is 0 Å². The van der Waals surface area contributed by atoms with Gasteiger partial charge in [-0.15, -0.1) is 0 Å². The average Bonchev–Trinajstić information content (AvgIpc) is 2.83. The minimum atomic E-state index is -1.17. The molecule has 2 aromatic rings. The number of rotatable bonds is 4. The van der Waals surface area contributed by atoms with Gasteiger partial charge in [-0.05, 0) is 5.56 Å². The van der Waals surface area contributed by atoms with Crippen LogP contribution in [0.4, 0.5) is 0 Å². The van der Waals surface area contributed by atoms with Gasteiger partial charge in [-0.25, -0.2) is 4.79 Å². The van der Waals surface area contributed by atoms with Crippen molar-refractivity contribution >= 4 is 11.9 Å². The van der Waals surface area contributed by atoms with Gasteiger partial charge in [-0.3, -0.25) is 4.79 Å². The van der Waals surface area contributed by atoms with E-state index in [0.717, 1.165) is 0 Å². The number of carbonyl (C=O) groups excluding carboxylic acids is 1. The highest BCUT2D eigenvalue weighted by Crippen LogP contribution is 2.13. The molecule has 7 heteroatoms. The lowest BCUT2D eigenvalue weighted by atomic mass is 10.1. The van der Waals surface area contributed by atoms with E-state index in [4.69, 9.17) is 5.11 Å². The number of aliphatic carboxylic acids is 1. The van der Waals surface area contributed by atoms with Crippen LogP contribution in [0.2, 0.25) is 0 Å². The molecule has 0 aliphatic carbocycles. The van der Waals surface area contributed by atoms with Crippen LogP contribution in [0, 0.1) is 6.92 Å². The summed E-state index contributed by atoms with van der Waals surface area (Å²) in [5.41, 5.74) is 0.462. The molecule has 0 aliphatic heterocycles. The van der Waals surface area contributed by atoms with E-state index in [1.165, 1.54) is 6.92 Å². The highest BCUT2D eigenvalue weighted by Gasteiger charge is 2.24. The number of carboxylic acids is 1. The van der Waals surface area contributed by atoms with Crippen LogP contribution >= 0.6 is 0 Å². The smallest absolute Gasteiger partial charge is 0.330 e. The Morgan fingerprint density at radius 1 is 1.32 bits per heavy atom. The number of nitrogens with zero attached hydrogens (tertiary/aromatic N) is 2.